The average Bonchev–Trinajstić information content (AvgIpc) is 3.29. The molecule has 3 N–H and O–H groups in total. The number of carbonyl (C=O) groups is 3. The summed E-state index contributed by atoms with van der Waals surface area (Å²) in [6.07, 6.45) is 2.98. The summed E-state index contributed by atoms with van der Waals surface area (Å²) in [6, 6.07) is 6.97. The highest BCUT2D eigenvalue weighted by molar-refractivity contribution is 6.35. The fourth-order valence-corrected chi connectivity index (χ4v) is 2.11. The number of nitrogens with one attached hydrogen (secondary N) is 3. The van der Waals surface area contributed by atoms with E-state index in [0.29, 0.717) is 16.6 Å². The Labute approximate surface area is 147 Å². The summed E-state index contributed by atoms with van der Waals surface area (Å²) in [5.74, 6) is -1.85. The van der Waals surface area contributed by atoms with Crippen LogP contribution in [0.5, 0.6) is 0 Å². The predicted octanol–water partition coefficient (Wildman–Crippen LogP) is 0.963. The zero-order valence-electron chi connectivity index (χ0n) is 13.0. The molecule has 0 bridgehead atoms. The largest absolute Gasteiger partial charge is 0.444 e. The number of hydrazine groups is 1. The van der Waals surface area contributed by atoms with Gasteiger partial charge in [-0.1, -0.05) is 11.6 Å². The summed E-state index contributed by atoms with van der Waals surface area (Å²) in [4.78, 5) is 38.9. The minimum atomic E-state index is -0.915. The molecule has 0 atom stereocenters. The van der Waals surface area contributed by atoms with E-state index in [1.165, 1.54) is 6.26 Å². The highest BCUT2D eigenvalue weighted by atomic mass is 35.5. The number of benzene rings is 1. The van der Waals surface area contributed by atoms with Gasteiger partial charge in [-0.3, -0.25) is 25.2 Å². The number of aromatic nitrogens is 1. The first-order chi connectivity index (χ1) is 12.0. The molecule has 8 nitrogen and oxygen atoms in total. The van der Waals surface area contributed by atoms with Crippen molar-refractivity contribution in [1.29, 1.82) is 0 Å². The third-order valence-corrected chi connectivity index (χ3v) is 3.67. The normalized spacial score (nSPS) is 13.2. The minimum Gasteiger partial charge on any atom is -0.444 e. The summed E-state index contributed by atoms with van der Waals surface area (Å²) in [5.41, 5.74) is 5.33. The van der Waals surface area contributed by atoms with E-state index in [4.69, 9.17) is 16.0 Å². The highest BCUT2D eigenvalue weighted by Crippen LogP contribution is 2.21. The van der Waals surface area contributed by atoms with Gasteiger partial charge in [-0.2, -0.15) is 0 Å². The molecule has 0 aliphatic heterocycles. The first-order valence-corrected chi connectivity index (χ1v) is 7.99. The first kappa shape index (κ1) is 17.0. The molecule has 1 fully saturated rings. The number of oxazole rings is 1. The van der Waals surface area contributed by atoms with Gasteiger partial charge in [0.2, 0.25) is 11.8 Å². The second kappa shape index (κ2) is 7.35. The van der Waals surface area contributed by atoms with Crippen LogP contribution in [0.15, 0.2) is 34.9 Å². The molecule has 1 aromatic heterocycles. The van der Waals surface area contributed by atoms with Crippen LogP contribution in [0.3, 0.4) is 0 Å². The van der Waals surface area contributed by atoms with Gasteiger partial charge in [0.05, 0.1) is 12.1 Å². The predicted molar refractivity (Wildman–Crippen MR) is 88.1 cm³/mol. The molecule has 0 unspecified atom stereocenters. The molecule has 1 aliphatic rings. The van der Waals surface area contributed by atoms with E-state index >= 15 is 0 Å². The quantitative estimate of drug-likeness (QED) is 0.554. The van der Waals surface area contributed by atoms with Crippen LogP contribution in [0, 0.1) is 0 Å². The van der Waals surface area contributed by atoms with Crippen LogP contribution < -0.4 is 16.2 Å². The van der Waals surface area contributed by atoms with Gasteiger partial charge in [0.1, 0.15) is 6.26 Å². The van der Waals surface area contributed by atoms with Gasteiger partial charge in [-0.25, -0.2) is 4.98 Å². The number of halogens is 1. The Morgan fingerprint density at radius 1 is 1.12 bits per heavy atom. The summed E-state index contributed by atoms with van der Waals surface area (Å²) in [7, 11) is 0. The lowest BCUT2D eigenvalue weighted by atomic mass is 10.2. The Balaban J connectivity index is 1.48. The van der Waals surface area contributed by atoms with E-state index in [-0.39, 0.29) is 12.5 Å². The van der Waals surface area contributed by atoms with Crippen molar-refractivity contribution in [1.82, 2.24) is 21.2 Å². The van der Waals surface area contributed by atoms with Crippen molar-refractivity contribution in [3.63, 3.8) is 0 Å². The van der Waals surface area contributed by atoms with Crippen LogP contribution >= 0.6 is 11.6 Å². The molecule has 1 heterocycles. The van der Waals surface area contributed by atoms with Gasteiger partial charge in [0.25, 0.3) is 0 Å². The summed E-state index contributed by atoms with van der Waals surface area (Å²) >= 11 is 5.82. The lowest BCUT2D eigenvalue weighted by molar-refractivity contribution is -0.140. The van der Waals surface area contributed by atoms with Gasteiger partial charge in [-0.15, -0.1) is 0 Å². The van der Waals surface area contributed by atoms with Crippen molar-refractivity contribution in [3.8, 4) is 11.5 Å². The van der Waals surface area contributed by atoms with Gasteiger partial charge in [0, 0.05) is 16.6 Å². The second-order valence-corrected chi connectivity index (χ2v) is 6.01. The van der Waals surface area contributed by atoms with Crippen LogP contribution in [0.4, 0.5) is 0 Å². The minimum absolute atomic E-state index is 0.0652. The fourth-order valence-electron chi connectivity index (χ4n) is 1.98. The topological polar surface area (TPSA) is 113 Å². The maximum Gasteiger partial charge on any atom is 0.327 e. The molecular weight excluding hydrogens is 348 g/mol. The number of carbonyl (C=O) groups excluding carboxylic acids is 3. The van der Waals surface area contributed by atoms with Gasteiger partial charge in [-0.05, 0) is 37.1 Å². The van der Waals surface area contributed by atoms with E-state index in [2.05, 4.69) is 21.2 Å². The van der Waals surface area contributed by atoms with Crippen LogP contribution in [-0.4, -0.2) is 28.7 Å². The maximum atomic E-state index is 11.8. The number of nitrogens with zero attached hydrogens (tertiary/aromatic N) is 1. The summed E-state index contributed by atoms with van der Waals surface area (Å²) < 4.78 is 5.32. The third-order valence-electron chi connectivity index (χ3n) is 3.42. The Hall–Kier alpha value is -2.87. The van der Waals surface area contributed by atoms with Crippen molar-refractivity contribution in [3.05, 3.63) is 41.2 Å². The summed E-state index contributed by atoms with van der Waals surface area (Å²) in [6.45, 7) is 0. The molecule has 0 saturated heterocycles. The van der Waals surface area contributed by atoms with E-state index in [9.17, 15) is 14.4 Å². The third kappa shape index (κ3) is 4.80. The molecule has 9 heteroatoms. The van der Waals surface area contributed by atoms with E-state index in [1.54, 1.807) is 24.3 Å². The SMILES string of the molecule is O=C(Cc1coc(-c2ccc(Cl)cc2)n1)NNC(=O)C(=O)NC1CC1. The average molecular weight is 363 g/mol. The highest BCUT2D eigenvalue weighted by Gasteiger charge is 2.26. The number of hydrogen-bond donors (Lipinski definition) is 3. The Morgan fingerprint density at radius 2 is 1.84 bits per heavy atom. The van der Waals surface area contributed by atoms with E-state index in [0.717, 1.165) is 18.4 Å². The number of amides is 3. The molecule has 1 aromatic carbocycles. The Bertz CT molecular complexity index is 799. The van der Waals surface area contributed by atoms with Crippen LogP contribution in [0.2, 0.25) is 5.02 Å². The van der Waals surface area contributed by atoms with Crippen LogP contribution in [0.1, 0.15) is 18.5 Å². The van der Waals surface area contributed by atoms with Crippen LogP contribution in [0.25, 0.3) is 11.5 Å². The van der Waals surface area contributed by atoms with Gasteiger partial charge >= 0.3 is 11.8 Å². The van der Waals surface area contributed by atoms with E-state index in [1.807, 2.05) is 0 Å². The molecule has 1 aliphatic carbocycles. The Morgan fingerprint density at radius 3 is 2.52 bits per heavy atom. The van der Waals surface area contributed by atoms with Crippen molar-refractivity contribution in [2.75, 3.05) is 0 Å². The van der Waals surface area contributed by atoms with Crippen molar-refractivity contribution < 1.29 is 18.8 Å². The standard InChI is InChI=1S/C16H15ClN4O4/c17-10-3-1-9(2-4-10)16-19-12(8-25-16)7-13(22)20-21-15(24)14(23)18-11-5-6-11/h1-4,8,11H,5-7H2,(H,18,23)(H,20,22)(H,21,24). The molecule has 2 aromatic rings. The monoisotopic (exact) mass is 362 g/mol. The molecule has 0 spiro atoms. The van der Waals surface area contributed by atoms with Crippen molar-refractivity contribution >= 4 is 29.3 Å². The maximum absolute atomic E-state index is 11.8. The zero-order chi connectivity index (χ0) is 17.8. The summed E-state index contributed by atoms with van der Waals surface area (Å²) in [5, 5.41) is 3.11. The zero-order valence-corrected chi connectivity index (χ0v) is 13.8. The fraction of sp³-hybridized carbons (Fsp3) is 0.250. The number of hydrogen-bond acceptors (Lipinski definition) is 5. The van der Waals surface area contributed by atoms with Crippen molar-refractivity contribution in [2.45, 2.75) is 25.3 Å². The molecule has 1 saturated carbocycles. The molecular formula is C16H15ClN4O4. The molecule has 25 heavy (non-hydrogen) atoms. The molecule has 0 radical (unpaired) electrons. The second-order valence-electron chi connectivity index (χ2n) is 5.58. The van der Waals surface area contributed by atoms with Gasteiger partial charge < -0.3 is 9.73 Å². The first-order valence-electron chi connectivity index (χ1n) is 7.61. The van der Waals surface area contributed by atoms with Gasteiger partial charge in [0.15, 0.2) is 0 Å². The smallest absolute Gasteiger partial charge is 0.327 e. The Kier molecular flexibility index (Phi) is 4.99. The molecule has 3 amide bonds. The molecule has 130 valence electrons. The van der Waals surface area contributed by atoms with E-state index < -0.39 is 17.7 Å². The molecule has 3 rings (SSSR count). The number of rotatable bonds is 4. The van der Waals surface area contributed by atoms with Crippen LogP contribution in [-0.2, 0) is 20.8 Å². The van der Waals surface area contributed by atoms with Crippen molar-refractivity contribution in [2.24, 2.45) is 0 Å². The lowest BCUT2D eigenvalue weighted by Crippen LogP contribution is -2.49. The lowest BCUT2D eigenvalue weighted by Gasteiger charge is -2.06.